The Labute approximate surface area is 175 Å². The fourth-order valence-corrected chi connectivity index (χ4v) is 3.46. The van der Waals surface area contributed by atoms with E-state index in [2.05, 4.69) is 11.5 Å². The van der Waals surface area contributed by atoms with Gasteiger partial charge in [0.1, 0.15) is 5.75 Å². The number of hydrogen-bond acceptors (Lipinski definition) is 3. The van der Waals surface area contributed by atoms with Crippen LogP contribution in [0, 0.1) is 0 Å². The minimum Gasteiger partial charge on any atom is -0.494 e. The molecule has 0 radical (unpaired) electrons. The Kier molecular flexibility index (Phi) is 5.54. The summed E-state index contributed by atoms with van der Waals surface area (Å²) in [5, 5.41) is 2.26. The molecular formula is C24H21ClN2O2. The number of carbonyl (C=O) groups is 1. The van der Waals surface area contributed by atoms with Gasteiger partial charge in [-0.25, -0.2) is 5.01 Å². The van der Waals surface area contributed by atoms with Gasteiger partial charge in [0.05, 0.1) is 18.3 Å². The minimum absolute atomic E-state index is 0.118. The first-order valence-electron chi connectivity index (χ1n) is 9.51. The number of nitrogens with zero attached hydrogens (tertiary/aromatic N) is 1. The van der Waals surface area contributed by atoms with Crippen molar-refractivity contribution in [3.8, 4) is 5.75 Å². The Hall–Kier alpha value is -3.24. The van der Waals surface area contributed by atoms with E-state index in [9.17, 15) is 4.79 Å². The Bertz CT molecular complexity index is 1020. The van der Waals surface area contributed by atoms with Gasteiger partial charge >= 0.3 is 0 Å². The van der Waals surface area contributed by atoms with Gasteiger partial charge < -0.3 is 4.74 Å². The number of halogens is 1. The van der Waals surface area contributed by atoms with E-state index >= 15 is 0 Å². The lowest BCUT2D eigenvalue weighted by Crippen LogP contribution is -2.39. The highest BCUT2D eigenvalue weighted by Crippen LogP contribution is 2.33. The van der Waals surface area contributed by atoms with Crippen molar-refractivity contribution in [3.05, 3.63) is 107 Å². The Morgan fingerprint density at radius 2 is 1.69 bits per heavy atom. The van der Waals surface area contributed by atoms with Crippen LogP contribution < -0.4 is 10.2 Å². The van der Waals surface area contributed by atoms with Gasteiger partial charge in [0.15, 0.2) is 0 Å². The molecule has 1 heterocycles. The lowest BCUT2D eigenvalue weighted by Gasteiger charge is -2.25. The first-order chi connectivity index (χ1) is 14.2. The fraction of sp³-hybridized carbons (Fsp3) is 0.125. The summed E-state index contributed by atoms with van der Waals surface area (Å²) in [6.07, 6.45) is 2.07. The molecule has 0 saturated carbocycles. The summed E-state index contributed by atoms with van der Waals surface area (Å²) in [6.45, 7) is 2.58. The molecule has 1 aliphatic rings. The molecule has 1 atom stereocenters. The van der Waals surface area contributed by atoms with Crippen molar-refractivity contribution in [1.82, 2.24) is 10.4 Å². The normalized spacial score (nSPS) is 15.6. The van der Waals surface area contributed by atoms with E-state index in [4.69, 9.17) is 16.3 Å². The second-order valence-electron chi connectivity index (χ2n) is 6.69. The molecule has 29 heavy (non-hydrogen) atoms. The van der Waals surface area contributed by atoms with Crippen LogP contribution in [0.5, 0.6) is 5.75 Å². The number of ether oxygens (including phenoxy) is 1. The zero-order chi connectivity index (χ0) is 20.2. The topological polar surface area (TPSA) is 41.6 Å². The molecule has 3 aromatic rings. The summed E-state index contributed by atoms with van der Waals surface area (Å²) < 4.78 is 5.53. The Balaban J connectivity index is 1.66. The van der Waals surface area contributed by atoms with Gasteiger partial charge in [-0.3, -0.25) is 10.2 Å². The van der Waals surface area contributed by atoms with Gasteiger partial charge in [-0.1, -0.05) is 41.9 Å². The smallest absolute Gasteiger partial charge is 0.273 e. The van der Waals surface area contributed by atoms with Gasteiger partial charge in [0, 0.05) is 10.6 Å². The van der Waals surface area contributed by atoms with Crippen LogP contribution >= 0.6 is 11.6 Å². The zero-order valence-corrected chi connectivity index (χ0v) is 16.8. The summed E-state index contributed by atoms with van der Waals surface area (Å²) in [7, 11) is 0. The highest BCUT2D eigenvalue weighted by molar-refractivity contribution is 6.30. The molecule has 4 nitrogen and oxygen atoms in total. The highest BCUT2D eigenvalue weighted by Gasteiger charge is 2.31. The molecule has 0 unspecified atom stereocenters. The number of nitrogens with one attached hydrogen (secondary N) is 1. The number of hydrazine groups is 1. The fourth-order valence-electron chi connectivity index (χ4n) is 3.33. The molecular weight excluding hydrogens is 384 g/mol. The maximum atomic E-state index is 13.2. The molecule has 0 fully saturated rings. The van der Waals surface area contributed by atoms with Crippen LogP contribution in [0.15, 0.2) is 84.9 Å². The summed E-state index contributed by atoms with van der Waals surface area (Å²) >= 11 is 5.98. The average Bonchev–Trinajstić information content (AvgIpc) is 3.21. The van der Waals surface area contributed by atoms with Gasteiger partial charge in [0.2, 0.25) is 0 Å². The van der Waals surface area contributed by atoms with Crippen molar-refractivity contribution >= 4 is 23.2 Å². The molecule has 3 aromatic carbocycles. The molecule has 5 heteroatoms. The predicted molar refractivity (Wildman–Crippen MR) is 116 cm³/mol. The Morgan fingerprint density at radius 3 is 2.34 bits per heavy atom. The van der Waals surface area contributed by atoms with Crippen molar-refractivity contribution in [3.63, 3.8) is 0 Å². The SMILES string of the molecule is CCOc1ccc(C2=C[C@@H](c3ccccc3)N(C(=O)c3ccc(Cl)cc3)N2)cc1. The van der Waals surface area contributed by atoms with E-state index in [1.54, 1.807) is 29.3 Å². The molecule has 0 spiro atoms. The van der Waals surface area contributed by atoms with E-state index in [-0.39, 0.29) is 11.9 Å². The summed E-state index contributed by atoms with van der Waals surface area (Å²) in [4.78, 5) is 13.2. The van der Waals surface area contributed by atoms with Crippen LogP contribution in [0.25, 0.3) is 5.70 Å². The largest absolute Gasteiger partial charge is 0.494 e. The molecule has 1 aliphatic heterocycles. The van der Waals surface area contributed by atoms with E-state index in [1.807, 2.05) is 61.5 Å². The van der Waals surface area contributed by atoms with Crippen molar-refractivity contribution < 1.29 is 9.53 Å². The van der Waals surface area contributed by atoms with Crippen LogP contribution in [0.1, 0.15) is 34.5 Å². The van der Waals surface area contributed by atoms with Gasteiger partial charge in [-0.2, -0.15) is 0 Å². The van der Waals surface area contributed by atoms with Crippen molar-refractivity contribution in [2.75, 3.05) is 6.61 Å². The maximum absolute atomic E-state index is 13.2. The Morgan fingerprint density at radius 1 is 1.00 bits per heavy atom. The van der Waals surface area contributed by atoms with E-state index < -0.39 is 0 Å². The summed E-state index contributed by atoms with van der Waals surface area (Å²) in [6, 6.07) is 24.5. The molecule has 146 valence electrons. The second kappa shape index (κ2) is 8.41. The standard InChI is InChI=1S/C24H21ClN2O2/c1-2-29-21-14-10-17(11-15-21)22-16-23(18-6-4-3-5-7-18)27(26-22)24(28)19-8-12-20(25)13-9-19/h3-16,23,26H,2H2,1H3/t23-/m0/s1. The lowest BCUT2D eigenvalue weighted by molar-refractivity contribution is 0.0672. The number of benzene rings is 3. The molecule has 0 saturated heterocycles. The molecule has 1 N–H and O–H groups in total. The third-order valence-corrected chi connectivity index (χ3v) is 5.02. The first kappa shape index (κ1) is 19.1. The monoisotopic (exact) mass is 404 g/mol. The maximum Gasteiger partial charge on any atom is 0.273 e. The average molecular weight is 405 g/mol. The number of hydrogen-bond donors (Lipinski definition) is 1. The van der Waals surface area contributed by atoms with Crippen molar-refractivity contribution in [2.24, 2.45) is 0 Å². The van der Waals surface area contributed by atoms with E-state index in [1.165, 1.54) is 0 Å². The number of rotatable bonds is 5. The molecule has 0 aliphatic carbocycles. The summed E-state index contributed by atoms with van der Waals surface area (Å²) in [5.41, 5.74) is 6.76. The number of carbonyl (C=O) groups excluding carboxylic acids is 1. The van der Waals surface area contributed by atoms with Crippen LogP contribution in [-0.2, 0) is 0 Å². The van der Waals surface area contributed by atoms with Crippen LogP contribution in [-0.4, -0.2) is 17.5 Å². The van der Waals surface area contributed by atoms with Gasteiger partial charge in [-0.05, 0) is 72.7 Å². The van der Waals surface area contributed by atoms with Gasteiger partial charge in [0.25, 0.3) is 5.91 Å². The van der Waals surface area contributed by atoms with Gasteiger partial charge in [-0.15, -0.1) is 0 Å². The predicted octanol–water partition coefficient (Wildman–Crippen LogP) is 5.48. The molecule has 0 bridgehead atoms. The quantitative estimate of drug-likeness (QED) is 0.612. The van der Waals surface area contributed by atoms with Crippen LogP contribution in [0.4, 0.5) is 0 Å². The third-order valence-electron chi connectivity index (χ3n) is 4.77. The first-order valence-corrected chi connectivity index (χ1v) is 9.89. The lowest BCUT2D eigenvalue weighted by atomic mass is 10.0. The van der Waals surface area contributed by atoms with Crippen molar-refractivity contribution in [1.29, 1.82) is 0 Å². The number of amides is 1. The van der Waals surface area contributed by atoms with E-state index in [0.29, 0.717) is 17.2 Å². The van der Waals surface area contributed by atoms with Crippen LogP contribution in [0.2, 0.25) is 5.02 Å². The van der Waals surface area contributed by atoms with Crippen LogP contribution in [0.3, 0.4) is 0 Å². The highest BCUT2D eigenvalue weighted by atomic mass is 35.5. The zero-order valence-electron chi connectivity index (χ0n) is 16.0. The second-order valence-corrected chi connectivity index (χ2v) is 7.12. The van der Waals surface area contributed by atoms with Crippen molar-refractivity contribution in [2.45, 2.75) is 13.0 Å². The summed E-state index contributed by atoms with van der Waals surface area (Å²) in [5.74, 6) is 0.705. The molecule has 0 aromatic heterocycles. The molecule has 4 rings (SSSR count). The molecule has 1 amide bonds. The minimum atomic E-state index is -0.221. The third kappa shape index (κ3) is 4.13. The van der Waals surface area contributed by atoms with E-state index in [0.717, 1.165) is 22.6 Å².